The summed E-state index contributed by atoms with van der Waals surface area (Å²) in [5.41, 5.74) is 5.65. The molecule has 0 atom stereocenters. The Morgan fingerprint density at radius 2 is 1.75 bits per heavy atom. The second kappa shape index (κ2) is 8.38. The van der Waals surface area contributed by atoms with Crippen LogP contribution in [0, 0.1) is 6.92 Å². The van der Waals surface area contributed by atoms with Crippen molar-refractivity contribution in [2.75, 3.05) is 26.1 Å². The Kier molecular flexibility index (Phi) is 5.27. The molecule has 0 spiro atoms. The zero-order valence-corrected chi connectivity index (χ0v) is 18.4. The molecule has 1 aliphatic rings. The number of nitrogens with one attached hydrogen (secondary N) is 1. The van der Waals surface area contributed by atoms with Crippen molar-refractivity contribution in [1.29, 1.82) is 0 Å². The van der Waals surface area contributed by atoms with Gasteiger partial charge in [0.05, 0.1) is 26.3 Å². The summed E-state index contributed by atoms with van der Waals surface area (Å²) in [5, 5.41) is 4.38. The first-order valence-corrected chi connectivity index (χ1v) is 10.6. The third kappa shape index (κ3) is 3.80. The lowest BCUT2D eigenvalue weighted by Crippen LogP contribution is -2.05. The van der Waals surface area contributed by atoms with E-state index in [4.69, 9.17) is 14.2 Å². The molecule has 3 aromatic carbocycles. The maximum absolute atomic E-state index is 5.64. The molecule has 1 N–H and O–H groups in total. The van der Waals surface area contributed by atoms with Crippen molar-refractivity contribution in [3.05, 3.63) is 71.5 Å². The highest BCUT2D eigenvalue weighted by Crippen LogP contribution is 2.34. The minimum absolute atomic E-state index is 0.641. The molecule has 0 fully saturated rings. The van der Waals surface area contributed by atoms with Crippen molar-refractivity contribution >= 4 is 16.7 Å². The van der Waals surface area contributed by atoms with Crippen LogP contribution in [-0.4, -0.2) is 30.8 Å². The zero-order valence-electron chi connectivity index (χ0n) is 18.4. The predicted octanol–water partition coefficient (Wildman–Crippen LogP) is 5.17. The van der Waals surface area contributed by atoms with Crippen LogP contribution in [0.2, 0.25) is 0 Å². The number of aryl methyl sites for hydroxylation is 1. The van der Waals surface area contributed by atoms with E-state index in [1.54, 1.807) is 14.2 Å². The van der Waals surface area contributed by atoms with E-state index in [0.717, 1.165) is 35.5 Å². The van der Waals surface area contributed by atoms with Gasteiger partial charge in [-0.25, -0.2) is 9.97 Å². The van der Waals surface area contributed by atoms with Gasteiger partial charge < -0.3 is 19.5 Å². The van der Waals surface area contributed by atoms with Gasteiger partial charge in [0.1, 0.15) is 17.4 Å². The molecule has 1 aromatic heterocycles. The smallest absolute Gasteiger partial charge is 0.162 e. The molecule has 6 heteroatoms. The average molecular weight is 428 g/mol. The second-order valence-electron chi connectivity index (χ2n) is 7.82. The van der Waals surface area contributed by atoms with E-state index in [1.165, 1.54) is 22.3 Å². The molecular weight excluding hydrogens is 402 g/mol. The summed E-state index contributed by atoms with van der Waals surface area (Å²) in [6, 6.07) is 18.8. The summed E-state index contributed by atoms with van der Waals surface area (Å²) >= 11 is 0. The van der Waals surface area contributed by atoms with Gasteiger partial charge >= 0.3 is 0 Å². The van der Waals surface area contributed by atoms with E-state index in [1.807, 2.05) is 19.1 Å². The molecule has 2 heterocycles. The molecule has 0 radical (unpaired) electrons. The molecule has 4 aromatic rings. The van der Waals surface area contributed by atoms with E-state index in [0.29, 0.717) is 23.9 Å². The van der Waals surface area contributed by atoms with Crippen LogP contribution in [0.15, 0.2) is 54.6 Å². The fourth-order valence-corrected chi connectivity index (χ4v) is 4.12. The molecule has 0 amide bonds. The number of fused-ring (bicyclic) bond motifs is 2. The topological polar surface area (TPSA) is 65.5 Å². The standard InChI is InChI=1S/C26H25N3O3/c1-16-28-22-14-25(31-3)24(30-2)13-21(22)26(29-16)27-15-17-5-4-6-18(11-17)19-7-8-23-20(12-19)9-10-32-23/h4-8,11-14H,9-10,15H2,1-3H3,(H,27,28,29). The number of hydrogen-bond acceptors (Lipinski definition) is 6. The molecule has 1 aliphatic heterocycles. The number of ether oxygens (including phenoxy) is 3. The number of methoxy groups -OCH3 is 2. The van der Waals surface area contributed by atoms with Crippen LogP contribution in [0.1, 0.15) is 17.0 Å². The predicted molar refractivity (Wildman–Crippen MR) is 126 cm³/mol. The van der Waals surface area contributed by atoms with Gasteiger partial charge in [-0.05, 0) is 53.4 Å². The molecule has 0 saturated carbocycles. The quantitative estimate of drug-likeness (QED) is 0.458. The van der Waals surface area contributed by atoms with Gasteiger partial charge in [0.15, 0.2) is 11.5 Å². The number of benzene rings is 3. The van der Waals surface area contributed by atoms with Crippen molar-refractivity contribution < 1.29 is 14.2 Å². The highest BCUT2D eigenvalue weighted by molar-refractivity contribution is 5.91. The van der Waals surface area contributed by atoms with E-state index in [-0.39, 0.29) is 0 Å². The number of nitrogens with zero attached hydrogens (tertiary/aromatic N) is 2. The number of hydrogen-bond donors (Lipinski definition) is 1. The first-order chi connectivity index (χ1) is 15.6. The lowest BCUT2D eigenvalue weighted by atomic mass is 10.00. The third-order valence-corrected chi connectivity index (χ3v) is 5.72. The van der Waals surface area contributed by atoms with E-state index in [9.17, 15) is 0 Å². The lowest BCUT2D eigenvalue weighted by Gasteiger charge is -2.13. The molecule has 0 bridgehead atoms. The molecule has 0 saturated heterocycles. The van der Waals surface area contributed by atoms with Gasteiger partial charge in [-0.15, -0.1) is 0 Å². The van der Waals surface area contributed by atoms with Crippen molar-refractivity contribution in [2.24, 2.45) is 0 Å². The summed E-state index contributed by atoms with van der Waals surface area (Å²) in [7, 11) is 3.25. The van der Waals surface area contributed by atoms with Gasteiger partial charge in [0.25, 0.3) is 0 Å². The summed E-state index contributed by atoms with van der Waals surface area (Å²) < 4.78 is 16.5. The first kappa shape index (κ1) is 20.1. The van der Waals surface area contributed by atoms with Crippen LogP contribution < -0.4 is 19.5 Å². The Bertz CT molecular complexity index is 1300. The maximum Gasteiger partial charge on any atom is 0.162 e. The first-order valence-electron chi connectivity index (χ1n) is 10.6. The van der Waals surface area contributed by atoms with E-state index >= 15 is 0 Å². The summed E-state index contributed by atoms with van der Waals surface area (Å²) in [6.45, 7) is 3.30. The van der Waals surface area contributed by atoms with E-state index < -0.39 is 0 Å². The van der Waals surface area contributed by atoms with Gasteiger partial charge in [-0.2, -0.15) is 0 Å². The van der Waals surface area contributed by atoms with Crippen molar-refractivity contribution in [1.82, 2.24) is 9.97 Å². The van der Waals surface area contributed by atoms with Crippen LogP contribution in [0.4, 0.5) is 5.82 Å². The van der Waals surface area contributed by atoms with Crippen molar-refractivity contribution in [3.63, 3.8) is 0 Å². The Morgan fingerprint density at radius 3 is 2.59 bits per heavy atom. The van der Waals surface area contributed by atoms with Gasteiger partial charge in [0, 0.05) is 24.4 Å². The van der Waals surface area contributed by atoms with Gasteiger partial charge in [-0.3, -0.25) is 0 Å². The van der Waals surface area contributed by atoms with Crippen LogP contribution >= 0.6 is 0 Å². The Hall–Kier alpha value is -3.80. The second-order valence-corrected chi connectivity index (χ2v) is 7.82. The van der Waals surface area contributed by atoms with Crippen molar-refractivity contribution in [2.45, 2.75) is 19.9 Å². The van der Waals surface area contributed by atoms with Crippen LogP contribution in [-0.2, 0) is 13.0 Å². The van der Waals surface area contributed by atoms with Crippen LogP contribution in [0.3, 0.4) is 0 Å². The zero-order chi connectivity index (χ0) is 22.1. The summed E-state index contributed by atoms with van der Waals surface area (Å²) in [5.74, 6) is 3.77. The molecule has 32 heavy (non-hydrogen) atoms. The fraction of sp³-hybridized carbons (Fsp3) is 0.231. The normalized spacial score (nSPS) is 12.3. The minimum atomic E-state index is 0.641. The van der Waals surface area contributed by atoms with Gasteiger partial charge in [0.2, 0.25) is 0 Å². The average Bonchev–Trinajstić information content (AvgIpc) is 3.29. The van der Waals surface area contributed by atoms with Crippen LogP contribution in [0.25, 0.3) is 22.0 Å². The Morgan fingerprint density at radius 1 is 0.938 bits per heavy atom. The van der Waals surface area contributed by atoms with Crippen molar-refractivity contribution in [3.8, 4) is 28.4 Å². The molecule has 0 unspecified atom stereocenters. The number of rotatable bonds is 6. The van der Waals surface area contributed by atoms with Gasteiger partial charge in [-0.1, -0.05) is 24.3 Å². The summed E-state index contributed by atoms with van der Waals surface area (Å²) in [4.78, 5) is 9.20. The van der Waals surface area contributed by atoms with Crippen LogP contribution in [0.5, 0.6) is 17.2 Å². The number of anilines is 1. The minimum Gasteiger partial charge on any atom is -0.493 e. The highest BCUT2D eigenvalue weighted by Gasteiger charge is 2.14. The number of aromatic nitrogens is 2. The Balaban J connectivity index is 1.43. The van der Waals surface area contributed by atoms with E-state index in [2.05, 4.69) is 57.7 Å². The molecule has 0 aliphatic carbocycles. The largest absolute Gasteiger partial charge is 0.493 e. The third-order valence-electron chi connectivity index (χ3n) is 5.72. The molecule has 6 nitrogen and oxygen atoms in total. The highest BCUT2D eigenvalue weighted by atomic mass is 16.5. The lowest BCUT2D eigenvalue weighted by molar-refractivity contribution is 0.356. The molecule has 162 valence electrons. The molecule has 5 rings (SSSR count). The Labute approximate surface area is 187 Å². The summed E-state index contributed by atoms with van der Waals surface area (Å²) in [6.07, 6.45) is 0.971. The fourth-order valence-electron chi connectivity index (χ4n) is 4.12. The monoisotopic (exact) mass is 427 g/mol. The SMILES string of the molecule is COc1cc2nc(C)nc(NCc3cccc(-c4ccc5c(c4)CCO5)c3)c2cc1OC. The maximum atomic E-state index is 5.64. The molecular formula is C26H25N3O3.